The molecule has 0 aliphatic heterocycles. The van der Waals surface area contributed by atoms with Crippen molar-refractivity contribution in [1.82, 2.24) is 0 Å². The van der Waals surface area contributed by atoms with Gasteiger partial charge in [0.2, 0.25) is 0 Å². The van der Waals surface area contributed by atoms with Crippen molar-refractivity contribution in [1.29, 1.82) is 0 Å². The van der Waals surface area contributed by atoms with E-state index < -0.39 is 33.5 Å². The highest BCUT2D eigenvalue weighted by atomic mass is 19.1. The van der Waals surface area contributed by atoms with E-state index in [1.165, 1.54) is 0 Å². The van der Waals surface area contributed by atoms with Crippen molar-refractivity contribution in [2.75, 3.05) is 0 Å². The van der Waals surface area contributed by atoms with Gasteiger partial charge >= 0.3 is 5.97 Å². The van der Waals surface area contributed by atoms with Gasteiger partial charge in [-0.2, -0.15) is 0 Å². The third kappa shape index (κ3) is 1.96. The lowest BCUT2D eigenvalue weighted by molar-refractivity contribution is -0.385. The van der Waals surface area contributed by atoms with Crippen LogP contribution in [-0.2, 0) is 0 Å². The van der Waals surface area contributed by atoms with Gasteiger partial charge in [-0.05, 0) is 6.07 Å². The molecule has 1 aromatic rings. The number of carboxylic acids is 1. The van der Waals surface area contributed by atoms with E-state index in [0.29, 0.717) is 12.1 Å². The van der Waals surface area contributed by atoms with Crippen LogP contribution in [0.2, 0.25) is 0 Å². The second kappa shape index (κ2) is 3.82. The Morgan fingerprint density at radius 3 is 2.53 bits per heavy atom. The molecular formula is C8H4FNO5. The summed E-state index contributed by atoms with van der Waals surface area (Å²) in [6, 6.07) is 1.04. The number of rotatable bonds is 3. The molecule has 1 rings (SSSR count). The number of aldehydes is 1. The Bertz CT molecular complexity index is 457. The van der Waals surface area contributed by atoms with E-state index in [9.17, 15) is 24.1 Å². The van der Waals surface area contributed by atoms with E-state index in [4.69, 9.17) is 5.11 Å². The van der Waals surface area contributed by atoms with Gasteiger partial charge in [-0.25, -0.2) is 9.18 Å². The summed E-state index contributed by atoms with van der Waals surface area (Å²) < 4.78 is 13.0. The van der Waals surface area contributed by atoms with Gasteiger partial charge in [-0.15, -0.1) is 0 Å². The number of nitrogens with zero attached hydrogens (tertiary/aromatic N) is 1. The molecule has 0 saturated heterocycles. The molecule has 0 saturated carbocycles. The zero-order valence-electron chi connectivity index (χ0n) is 7.14. The Kier molecular flexibility index (Phi) is 2.75. The van der Waals surface area contributed by atoms with Gasteiger partial charge < -0.3 is 5.11 Å². The van der Waals surface area contributed by atoms with Crippen LogP contribution in [0.5, 0.6) is 0 Å². The molecule has 6 nitrogen and oxygen atoms in total. The van der Waals surface area contributed by atoms with Gasteiger partial charge in [0.25, 0.3) is 5.69 Å². The van der Waals surface area contributed by atoms with Crippen LogP contribution in [-0.4, -0.2) is 22.3 Å². The van der Waals surface area contributed by atoms with Crippen molar-refractivity contribution in [2.24, 2.45) is 0 Å². The van der Waals surface area contributed by atoms with E-state index in [0.717, 1.165) is 0 Å². The van der Waals surface area contributed by atoms with Gasteiger partial charge in [0.15, 0.2) is 6.29 Å². The predicted octanol–water partition coefficient (Wildman–Crippen LogP) is 1.24. The summed E-state index contributed by atoms with van der Waals surface area (Å²) in [5, 5.41) is 18.9. The summed E-state index contributed by atoms with van der Waals surface area (Å²) in [6.07, 6.45) is 0.0901. The highest BCUT2D eigenvalue weighted by molar-refractivity contribution is 5.91. The predicted molar refractivity (Wildman–Crippen MR) is 45.4 cm³/mol. The monoisotopic (exact) mass is 213 g/mol. The van der Waals surface area contributed by atoms with Gasteiger partial charge in [0, 0.05) is 6.07 Å². The first-order valence-corrected chi connectivity index (χ1v) is 3.63. The number of aromatic carboxylic acids is 1. The first-order chi connectivity index (χ1) is 6.97. The molecule has 0 aliphatic carbocycles. The maximum Gasteiger partial charge on any atom is 0.338 e. The minimum Gasteiger partial charge on any atom is -0.478 e. The first-order valence-electron chi connectivity index (χ1n) is 3.63. The fourth-order valence-electron chi connectivity index (χ4n) is 0.994. The van der Waals surface area contributed by atoms with Crippen molar-refractivity contribution in [3.8, 4) is 0 Å². The topological polar surface area (TPSA) is 97.5 Å². The normalized spacial score (nSPS) is 9.67. The van der Waals surface area contributed by atoms with Gasteiger partial charge in [0.1, 0.15) is 11.4 Å². The van der Waals surface area contributed by atoms with Crippen LogP contribution in [0.3, 0.4) is 0 Å². The molecule has 1 N–H and O–H groups in total. The average molecular weight is 213 g/mol. The highest BCUT2D eigenvalue weighted by Gasteiger charge is 2.21. The van der Waals surface area contributed by atoms with Crippen molar-refractivity contribution < 1.29 is 24.0 Å². The van der Waals surface area contributed by atoms with E-state index in [1.807, 2.05) is 0 Å². The SMILES string of the molecule is O=Cc1cc(F)c(C(=O)O)cc1[N+](=O)[O-]. The van der Waals surface area contributed by atoms with Crippen molar-refractivity contribution in [3.63, 3.8) is 0 Å². The molecule has 0 fully saturated rings. The number of hydrogen-bond acceptors (Lipinski definition) is 4. The Morgan fingerprint density at radius 2 is 2.13 bits per heavy atom. The van der Waals surface area contributed by atoms with E-state index in [-0.39, 0.29) is 6.29 Å². The molecule has 0 heterocycles. The molecule has 0 aromatic heterocycles. The summed E-state index contributed by atoms with van der Waals surface area (Å²) in [7, 11) is 0. The third-order valence-electron chi connectivity index (χ3n) is 1.67. The summed E-state index contributed by atoms with van der Waals surface area (Å²) in [5.41, 5.74) is -2.07. The van der Waals surface area contributed by atoms with Crippen LogP contribution in [0.15, 0.2) is 12.1 Å². The van der Waals surface area contributed by atoms with Gasteiger partial charge in [-0.1, -0.05) is 0 Å². The van der Waals surface area contributed by atoms with Crippen molar-refractivity contribution >= 4 is 17.9 Å². The zero-order chi connectivity index (χ0) is 11.6. The molecule has 0 aliphatic rings. The molecule has 15 heavy (non-hydrogen) atoms. The lowest BCUT2D eigenvalue weighted by Gasteiger charge is -1.99. The van der Waals surface area contributed by atoms with E-state index in [2.05, 4.69) is 0 Å². The molecule has 0 atom stereocenters. The molecule has 78 valence electrons. The quantitative estimate of drug-likeness (QED) is 0.462. The lowest BCUT2D eigenvalue weighted by Crippen LogP contribution is -2.04. The Labute approximate surface area is 82.1 Å². The molecule has 0 amide bonds. The van der Waals surface area contributed by atoms with Gasteiger partial charge in [0.05, 0.1) is 10.5 Å². The number of carbonyl (C=O) groups excluding carboxylic acids is 1. The third-order valence-corrected chi connectivity index (χ3v) is 1.67. The molecule has 1 aromatic carbocycles. The zero-order valence-corrected chi connectivity index (χ0v) is 7.14. The molecule has 0 bridgehead atoms. The number of hydrogen-bond donors (Lipinski definition) is 1. The Balaban J connectivity index is 3.50. The van der Waals surface area contributed by atoms with Crippen molar-refractivity contribution in [2.45, 2.75) is 0 Å². The minimum absolute atomic E-state index is 0.0901. The van der Waals surface area contributed by atoms with Crippen LogP contribution >= 0.6 is 0 Å². The number of nitro groups is 1. The molecule has 0 radical (unpaired) electrons. The maximum atomic E-state index is 13.0. The molecule has 7 heteroatoms. The van der Waals surface area contributed by atoms with Crippen LogP contribution in [0.1, 0.15) is 20.7 Å². The summed E-state index contributed by atoms with van der Waals surface area (Å²) in [6.45, 7) is 0. The number of carboxylic acid groups (broad SMARTS) is 1. The molecule has 0 spiro atoms. The van der Waals surface area contributed by atoms with E-state index >= 15 is 0 Å². The largest absolute Gasteiger partial charge is 0.478 e. The number of carbonyl (C=O) groups is 2. The summed E-state index contributed by atoms with van der Waals surface area (Å²) in [4.78, 5) is 30.2. The van der Waals surface area contributed by atoms with Crippen LogP contribution in [0.4, 0.5) is 10.1 Å². The van der Waals surface area contributed by atoms with Crippen LogP contribution in [0.25, 0.3) is 0 Å². The second-order valence-electron chi connectivity index (χ2n) is 2.57. The molecular weight excluding hydrogens is 209 g/mol. The van der Waals surface area contributed by atoms with E-state index in [1.54, 1.807) is 0 Å². The molecule has 0 unspecified atom stereocenters. The fraction of sp³-hybridized carbons (Fsp3) is 0. The summed E-state index contributed by atoms with van der Waals surface area (Å²) >= 11 is 0. The Morgan fingerprint density at radius 1 is 1.53 bits per heavy atom. The second-order valence-corrected chi connectivity index (χ2v) is 2.57. The van der Waals surface area contributed by atoms with Crippen molar-refractivity contribution in [3.05, 3.63) is 39.2 Å². The van der Waals surface area contributed by atoms with Crippen LogP contribution < -0.4 is 0 Å². The standard InChI is InChI=1S/C8H4FNO5/c9-6-1-4(3-11)7(10(14)15)2-5(6)8(12)13/h1-3H,(H,12,13). The lowest BCUT2D eigenvalue weighted by atomic mass is 10.1. The smallest absolute Gasteiger partial charge is 0.338 e. The highest BCUT2D eigenvalue weighted by Crippen LogP contribution is 2.21. The van der Waals surface area contributed by atoms with Gasteiger partial charge in [-0.3, -0.25) is 14.9 Å². The fourth-order valence-corrected chi connectivity index (χ4v) is 0.994. The maximum absolute atomic E-state index is 13.0. The Hall–Kier alpha value is -2.31. The minimum atomic E-state index is -1.63. The number of halogens is 1. The summed E-state index contributed by atoms with van der Waals surface area (Å²) in [5.74, 6) is -2.82. The average Bonchev–Trinajstić information content (AvgIpc) is 2.16. The first kappa shape index (κ1) is 10.8. The number of benzene rings is 1. The van der Waals surface area contributed by atoms with Crippen LogP contribution in [0, 0.1) is 15.9 Å². The number of nitro benzene ring substituents is 1.